The molecule has 1 aromatic carbocycles. The van der Waals surface area contributed by atoms with E-state index in [9.17, 15) is 20.1 Å². The molecular formula is C14H21ClN2O6. The second-order valence-corrected chi connectivity index (χ2v) is 5.12. The molecule has 1 aromatic rings. The molecule has 0 spiro atoms. The molecule has 0 aliphatic carbocycles. The third kappa shape index (κ3) is 4.69. The summed E-state index contributed by atoms with van der Waals surface area (Å²) in [4.78, 5) is 11.3. The van der Waals surface area contributed by atoms with Crippen molar-refractivity contribution in [3.63, 3.8) is 0 Å². The third-order valence-corrected chi connectivity index (χ3v) is 3.38. The molecule has 2 rings (SSSR count). The van der Waals surface area contributed by atoms with E-state index in [1.165, 1.54) is 6.92 Å². The van der Waals surface area contributed by atoms with Crippen LogP contribution in [0, 0.1) is 0 Å². The summed E-state index contributed by atoms with van der Waals surface area (Å²) in [5.41, 5.74) is 6.14. The maximum absolute atomic E-state index is 11.3. The number of amides is 1. The first-order chi connectivity index (χ1) is 10.4. The molecule has 8 nitrogen and oxygen atoms in total. The Balaban J connectivity index is 0.00000264. The van der Waals surface area contributed by atoms with E-state index in [1.807, 2.05) is 0 Å². The number of aliphatic hydroxyl groups is 3. The molecule has 1 aliphatic heterocycles. The lowest BCUT2D eigenvalue weighted by Crippen LogP contribution is -2.65. The van der Waals surface area contributed by atoms with Crippen molar-refractivity contribution in [1.82, 2.24) is 5.32 Å². The number of rotatable bonds is 4. The lowest BCUT2D eigenvalue weighted by Gasteiger charge is -2.42. The Morgan fingerprint density at radius 2 is 1.91 bits per heavy atom. The fourth-order valence-corrected chi connectivity index (χ4v) is 2.25. The monoisotopic (exact) mass is 348 g/mol. The number of nitrogens with one attached hydrogen (secondary N) is 1. The van der Waals surface area contributed by atoms with Gasteiger partial charge in [0.25, 0.3) is 0 Å². The zero-order chi connectivity index (χ0) is 16.3. The van der Waals surface area contributed by atoms with Crippen LogP contribution in [0.3, 0.4) is 0 Å². The van der Waals surface area contributed by atoms with E-state index in [-0.39, 0.29) is 12.4 Å². The molecule has 0 saturated carbocycles. The number of ether oxygens (including phenoxy) is 2. The first-order valence-corrected chi connectivity index (χ1v) is 6.84. The highest BCUT2D eigenvalue weighted by molar-refractivity contribution is 5.85. The normalized spacial score (nSPS) is 30.2. The molecule has 1 unspecified atom stereocenters. The van der Waals surface area contributed by atoms with Crippen LogP contribution < -0.4 is 15.8 Å². The molecule has 9 heteroatoms. The molecule has 5 atom stereocenters. The maximum atomic E-state index is 11.3. The third-order valence-electron chi connectivity index (χ3n) is 3.38. The summed E-state index contributed by atoms with van der Waals surface area (Å²) in [6, 6.07) is 5.48. The topological polar surface area (TPSA) is 134 Å². The molecule has 1 fully saturated rings. The highest BCUT2D eigenvalue weighted by atomic mass is 35.5. The molecule has 1 aliphatic rings. The van der Waals surface area contributed by atoms with E-state index in [1.54, 1.807) is 24.3 Å². The fraction of sp³-hybridized carbons (Fsp3) is 0.500. The Hall–Kier alpha value is -1.58. The van der Waals surface area contributed by atoms with Gasteiger partial charge in [0.05, 0.1) is 6.61 Å². The van der Waals surface area contributed by atoms with Gasteiger partial charge in [-0.05, 0) is 24.3 Å². The number of benzene rings is 1. The summed E-state index contributed by atoms with van der Waals surface area (Å²) in [7, 11) is 0. The summed E-state index contributed by atoms with van der Waals surface area (Å²) in [5.74, 6) is 0.00281. The number of anilines is 1. The lowest BCUT2D eigenvalue weighted by molar-refractivity contribution is -0.244. The zero-order valence-corrected chi connectivity index (χ0v) is 13.3. The first kappa shape index (κ1) is 19.5. The highest BCUT2D eigenvalue weighted by Crippen LogP contribution is 2.24. The van der Waals surface area contributed by atoms with Crippen molar-refractivity contribution in [2.24, 2.45) is 0 Å². The fourth-order valence-electron chi connectivity index (χ4n) is 2.25. The zero-order valence-electron chi connectivity index (χ0n) is 12.5. The molecule has 6 N–H and O–H groups in total. The van der Waals surface area contributed by atoms with Gasteiger partial charge in [0.1, 0.15) is 30.1 Å². The van der Waals surface area contributed by atoms with Crippen LogP contribution in [-0.4, -0.2) is 58.5 Å². The summed E-state index contributed by atoms with van der Waals surface area (Å²) in [6.45, 7) is 0.782. The van der Waals surface area contributed by atoms with Crippen LogP contribution in [0.4, 0.5) is 5.69 Å². The standard InChI is InChI=1S/C14H20N2O6.ClH/c1-7(18)16-11-13(20)12(19)10(6-17)22-14(11)21-9-4-2-8(15)3-5-9;/h2-5,10-14,17,19-20H,6,15H2,1H3,(H,16,18);1H/t10?,11-,12-,13+,14-;/m0./s1. The summed E-state index contributed by atoms with van der Waals surface area (Å²) >= 11 is 0. The SMILES string of the molecule is CC(=O)N[C@@H]1[C@@H](Oc2ccc(N)cc2)OC(CO)[C@H](O)[C@@H]1O.Cl. The van der Waals surface area contributed by atoms with Crippen LogP contribution in [0.1, 0.15) is 6.92 Å². The van der Waals surface area contributed by atoms with Gasteiger partial charge in [-0.1, -0.05) is 0 Å². The van der Waals surface area contributed by atoms with Crippen LogP contribution in [0.5, 0.6) is 5.75 Å². The Morgan fingerprint density at radius 1 is 1.30 bits per heavy atom. The van der Waals surface area contributed by atoms with Crippen molar-refractivity contribution >= 4 is 24.0 Å². The predicted molar refractivity (Wildman–Crippen MR) is 84.1 cm³/mol. The van der Waals surface area contributed by atoms with Crippen molar-refractivity contribution in [2.45, 2.75) is 37.6 Å². The smallest absolute Gasteiger partial charge is 0.223 e. The summed E-state index contributed by atoms with van der Waals surface area (Å²) in [5, 5.41) is 31.7. The van der Waals surface area contributed by atoms with E-state index in [2.05, 4.69) is 5.32 Å². The highest BCUT2D eigenvalue weighted by Gasteiger charge is 2.46. The average molecular weight is 349 g/mol. The van der Waals surface area contributed by atoms with Gasteiger partial charge in [-0.2, -0.15) is 0 Å². The van der Waals surface area contributed by atoms with Crippen molar-refractivity contribution in [2.75, 3.05) is 12.3 Å². The quantitative estimate of drug-likeness (QED) is 0.441. The largest absolute Gasteiger partial charge is 0.463 e. The van der Waals surface area contributed by atoms with Crippen LogP contribution >= 0.6 is 12.4 Å². The van der Waals surface area contributed by atoms with Crippen LogP contribution in [0.25, 0.3) is 0 Å². The molecule has 23 heavy (non-hydrogen) atoms. The first-order valence-electron chi connectivity index (χ1n) is 6.84. The molecular weight excluding hydrogens is 328 g/mol. The van der Waals surface area contributed by atoms with Gasteiger partial charge in [-0.15, -0.1) is 12.4 Å². The molecule has 1 saturated heterocycles. The van der Waals surface area contributed by atoms with Gasteiger partial charge in [0, 0.05) is 12.6 Å². The number of aliphatic hydroxyl groups excluding tert-OH is 3. The number of nitrogens with two attached hydrogens (primary N) is 1. The maximum Gasteiger partial charge on any atom is 0.223 e. The van der Waals surface area contributed by atoms with Gasteiger partial charge in [0.15, 0.2) is 0 Å². The van der Waals surface area contributed by atoms with E-state index >= 15 is 0 Å². The van der Waals surface area contributed by atoms with E-state index in [0.717, 1.165) is 0 Å². The Kier molecular flexibility index (Phi) is 7.04. The minimum atomic E-state index is -1.34. The van der Waals surface area contributed by atoms with E-state index in [4.69, 9.17) is 15.2 Å². The second kappa shape index (κ2) is 8.32. The van der Waals surface area contributed by atoms with E-state index in [0.29, 0.717) is 11.4 Å². The molecule has 0 radical (unpaired) electrons. The van der Waals surface area contributed by atoms with Crippen molar-refractivity contribution in [3.8, 4) is 5.75 Å². The number of carbonyl (C=O) groups is 1. The number of halogens is 1. The van der Waals surface area contributed by atoms with Gasteiger partial charge < -0.3 is 35.8 Å². The molecule has 130 valence electrons. The van der Waals surface area contributed by atoms with Gasteiger partial charge >= 0.3 is 0 Å². The van der Waals surface area contributed by atoms with Gasteiger partial charge in [-0.3, -0.25) is 4.79 Å². The Labute approximate surface area is 139 Å². The van der Waals surface area contributed by atoms with Crippen molar-refractivity contribution < 1.29 is 29.6 Å². The molecule has 0 bridgehead atoms. The second-order valence-electron chi connectivity index (χ2n) is 5.12. The number of hydrogen-bond acceptors (Lipinski definition) is 7. The molecule has 1 heterocycles. The number of nitrogen functional groups attached to an aromatic ring is 1. The minimum Gasteiger partial charge on any atom is -0.463 e. The lowest BCUT2D eigenvalue weighted by atomic mass is 9.97. The van der Waals surface area contributed by atoms with E-state index < -0.39 is 43.2 Å². The van der Waals surface area contributed by atoms with Gasteiger partial charge in [0.2, 0.25) is 12.2 Å². The van der Waals surface area contributed by atoms with Crippen molar-refractivity contribution in [1.29, 1.82) is 0 Å². The molecule has 0 aromatic heterocycles. The average Bonchev–Trinajstić information content (AvgIpc) is 2.48. The minimum absolute atomic E-state index is 0. The van der Waals surface area contributed by atoms with Gasteiger partial charge in [-0.25, -0.2) is 0 Å². The number of carbonyl (C=O) groups excluding carboxylic acids is 1. The molecule has 1 amide bonds. The van der Waals surface area contributed by atoms with Crippen LogP contribution in [0.15, 0.2) is 24.3 Å². The van der Waals surface area contributed by atoms with Crippen molar-refractivity contribution in [3.05, 3.63) is 24.3 Å². The van der Waals surface area contributed by atoms with Crippen LogP contribution in [-0.2, 0) is 9.53 Å². The van der Waals surface area contributed by atoms with Crippen LogP contribution in [0.2, 0.25) is 0 Å². The predicted octanol–water partition coefficient (Wildman–Crippen LogP) is -0.987. The summed E-state index contributed by atoms with van der Waals surface area (Å²) < 4.78 is 11.0. The number of hydrogen-bond donors (Lipinski definition) is 5. The summed E-state index contributed by atoms with van der Waals surface area (Å²) in [6.07, 6.45) is -4.76. The Bertz CT molecular complexity index is 514. The Morgan fingerprint density at radius 3 is 2.43 bits per heavy atom.